The predicted octanol–water partition coefficient (Wildman–Crippen LogP) is 3.65. The molecule has 0 bridgehead atoms. The van der Waals surface area contributed by atoms with Crippen LogP contribution in [-0.2, 0) is 12.1 Å². The number of nitrogens with one attached hydrogen (secondary N) is 1. The zero-order valence-corrected chi connectivity index (χ0v) is 14.0. The third-order valence-electron chi connectivity index (χ3n) is 3.19. The van der Waals surface area contributed by atoms with Crippen LogP contribution in [-0.4, -0.2) is 15.0 Å². The second-order valence-electron chi connectivity index (χ2n) is 5.95. The summed E-state index contributed by atoms with van der Waals surface area (Å²) in [6.07, 6.45) is 2.00. The first kappa shape index (κ1) is 15.2. The van der Waals surface area contributed by atoms with Crippen molar-refractivity contribution in [2.45, 2.75) is 45.8 Å². The largest absolute Gasteiger partial charge is 0.304 e. The highest BCUT2D eigenvalue weighted by atomic mass is 79.9. The van der Waals surface area contributed by atoms with Crippen LogP contribution in [0.25, 0.3) is 0 Å². The quantitative estimate of drug-likeness (QED) is 0.926. The van der Waals surface area contributed by atoms with Gasteiger partial charge in [-0.15, -0.1) is 5.10 Å². The Balaban J connectivity index is 1.99. The Bertz CT molecular complexity index is 571. The number of halogens is 1. The minimum Gasteiger partial charge on any atom is -0.304 e. The Kier molecular flexibility index (Phi) is 4.60. The molecule has 2 rings (SSSR count). The maximum atomic E-state index is 4.21. The van der Waals surface area contributed by atoms with E-state index < -0.39 is 0 Å². The molecular weight excluding hydrogens is 316 g/mol. The average Bonchev–Trinajstić information content (AvgIpc) is 2.85. The van der Waals surface area contributed by atoms with Crippen LogP contribution in [0, 0.1) is 0 Å². The van der Waals surface area contributed by atoms with E-state index in [-0.39, 0.29) is 11.6 Å². The Morgan fingerprint density at radius 2 is 2.00 bits per heavy atom. The molecule has 1 aromatic heterocycles. The van der Waals surface area contributed by atoms with E-state index in [1.807, 2.05) is 23.0 Å². The molecule has 4 nitrogen and oxygen atoms in total. The smallest absolute Gasteiger partial charge is 0.0965 e. The average molecular weight is 337 g/mol. The Labute approximate surface area is 128 Å². The molecule has 0 fully saturated rings. The van der Waals surface area contributed by atoms with Crippen molar-refractivity contribution in [3.8, 4) is 0 Å². The van der Waals surface area contributed by atoms with Crippen LogP contribution in [0.15, 0.2) is 34.9 Å². The lowest BCUT2D eigenvalue weighted by Crippen LogP contribution is -2.22. The van der Waals surface area contributed by atoms with Crippen molar-refractivity contribution in [1.82, 2.24) is 20.3 Å². The molecule has 0 radical (unpaired) electrons. The molecule has 0 spiro atoms. The molecule has 0 aliphatic carbocycles. The summed E-state index contributed by atoms with van der Waals surface area (Å²) in [5.74, 6) is 0. The van der Waals surface area contributed by atoms with E-state index in [0.29, 0.717) is 6.54 Å². The Morgan fingerprint density at radius 1 is 1.30 bits per heavy atom. The van der Waals surface area contributed by atoms with E-state index in [0.717, 1.165) is 10.2 Å². The molecule has 5 heteroatoms. The molecule has 0 amide bonds. The van der Waals surface area contributed by atoms with Crippen LogP contribution in [0.3, 0.4) is 0 Å². The number of aromatic nitrogens is 3. The highest BCUT2D eigenvalue weighted by molar-refractivity contribution is 9.10. The summed E-state index contributed by atoms with van der Waals surface area (Å²) in [6.45, 7) is 9.20. The molecule has 0 saturated carbocycles. The highest BCUT2D eigenvalue weighted by Crippen LogP contribution is 2.23. The van der Waals surface area contributed by atoms with Crippen LogP contribution in [0.2, 0.25) is 0 Å². The van der Waals surface area contributed by atoms with E-state index in [1.54, 1.807) is 0 Å². The number of hydrogen-bond donors (Lipinski definition) is 1. The van der Waals surface area contributed by atoms with Gasteiger partial charge in [0.05, 0.1) is 17.4 Å². The molecule has 0 saturated heterocycles. The van der Waals surface area contributed by atoms with Crippen LogP contribution >= 0.6 is 15.9 Å². The lowest BCUT2D eigenvalue weighted by molar-refractivity contribution is 0.347. The highest BCUT2D eigenvalue weighted by Gasteiger charge is 2.15. The van der Waals surface area contributed by atoms with Gasteiger partial charge in [0, 0.05) is 17.1 Å². The van der Waals surface area contributed by atoms with E-state index in [4.69, 9.17) is 0 Å². The lowest BCUT2D eigenvalue weighted by Gasteiger charge is -2.17. The van der Waals surface area contributed by atoms with Crippen molar-refractivity contribution < 1.29 is 0 Å². The van der Waals surface area contributed by atoms with Gasteiger partial charge < -0.3 is 5.32 Å². The fraction of sp³-hybridized carbons (Fsp3) is 0.467. The normalized spacial score (nSPS) is 13.4. The van der Waals surface area contributed by atoms with Crippen molar-refractivity contribution >= 4 is 15.9 Å². The summed E-state index contributed by atoms with van der Waals surface area (Å²) in [4.78, 5) is 0. The van der Waals surface area contributed by atoms with Gasteiger partial charge in [0.25, 0.3) is 0 Å². The van der Waals surface area contributed by atoms with Gasteiger partial charge in [-0.2, -0.15) is 0 Å². The third kappa shape index (κ3) is 3.67. The van der Waals surface area contributed by atoms with Crippen LogP contribution in [0.5, 0.6) is 0 Å². The molecule has 0 unspecified atom stereocenters. The summed E-state index contributed by atoms with van der Waals surface area (Å²) >= 11 is 3.58. The molecular formula is C15H21BrN4. The molecule has 108 valence electrons. The Hall–Kier alpha value is -1.20. The second kappa shape index (κ2) is 6.06. The summed E-state index contributed by atoms with van der Waals surface area (Å²) in [7, 11) is 0. The van der Waals surface area contributed by atoms with Crippen LogP contribution in [0.4, 0.5) is 0 Å². The lowest BCUT2D eigenvalue weighted by atomic mass is 10.1. The van der Waals surface area contributed by atoms with E-state index >= 15 is 0 Å². The molecule has 1 aromatic carbocycles. The first-order chi connectivity index (χ1) is 9.38. The zero-order chi connectivity index (χ0) is 14.8. The number of nitrogens with zero attached hydrogens (tertiary/aromatic N) is 3. The topological polar surface area (TPSA) is 42.7 Å². The first-order valence-corrected chi connectivity index (χ1v) is 7.57. The van der Waals surface area contributed by atoms with Crippen molar-refractivity contribution in [3.63, 3.8) is 0 Å². The first-order valence-electron chi connectivity index (χ1n) is 6.77. The van der Waals surface area contributed by atoms with Gasteiger partial charge >= 0.3 is 0 Å². The van der Waals surface area contributed by atoms with E-state index in [1.165, 1.54) is 5.56 Å². The van der Waals surface area contributed by atoms with Gasteiger partial charge in [-0.1, -0.05) is 39.3 Å². The zero-order valence-electron chi connectivity index (χ0n) is 12.4. The molecule has 2 aromatic rings. The van der Waals surface area contributed by atoms with Crippen molar-refractivity contribution in [3.05, 3.63) is 46.2 Å². The van der Waals surface area contributed by atoms with Gasteiger partial charge in [-0.05, 0) is 39.3 Å². The van der Waals surface area contributed by atoms with Gasteiger partial charge in [-0.3, -0.25) is 0 Å². The fourth-order valence-electron chi connectivity index (χ4n) is 1.90. The summed E-state index contributed by atoms with van der Waals surface area (Å²) in [5.41, 5.74) is 2.17. The standard InChI is InChI=1S/C15H21BrN4/c1-11(13-7-5-6-8-14(13)16)17-9-12-10-20(19-18-12)15(2,3)4/h5-8,10-11,17H,9H2,1-4H3/t11-/m0/s1. The summed E-state index contributed by atoms with van der Waals surface area (Å²) < 4.78 is 3.02. The molecule has 0 aliphatic heterocycles. The monoisotopic (exact) mass is 336 g/mol. The van der Waals surface area contributed by atoms with Gasteiger partial charge in [0.15, 0.2) is 0 Å². The van der Waals surface area contributed by atoms with E-state index in [2.05, 4.69) is 71.4 Å². The summed E-state index contributed by atoms with van der Waals surface area (Å²) in [6, 6.07) is 8.51. The SMILES string of the molecule is C[C@H](NCc1cn(C(C)(C)C)nn1)c1ccccc1Br. The maximum absolute atomic E-state index is 4.21. The predicted molar refractivity (Wildman–Crippen MR) is 84.4 cm³/mol. The molecule has 1 N–H and O–H groups in total. The third-order valence-corrected chi connectivity index (χ3v) is 3.91. The van der Waals surface area contributed by atoms with Crippen molar-refractivity contribution in [1.29, 1.82) is 0 Å². The summed E-state index contributed by atoms with van der Waals surface area (Å²) in [5, 5.41) is 11.9. The maximum Gasteiger partial charge on any atom is 0.0965 e. The molecule has 0 aliphatic rings. The fourth-order valence-corrected chi connectivity index (χ4v) is 2.53. The minimum absolute atomic E-state index is 0.0284. The number of rotatable bonds is 4. The Morgan fingerprint density at radius 3 is 2.60 bits per heavy atom. The van der Waals surface area contributed by atoms with Crippen molar-refractivity contribution in [2.75, 3.05) is 0 Å². The van der Waals surface area contributed by atoms with Gasteiger partial charge in [0.1, 0.15) is 0 Å². The molecule has 1 atom stereocenters. The van der Waals surface area contributed by atoms with Crippen LogP contribution in [0.1, 0.15) is 45.0 Å². The second-order valence-corrected chi connectivity index (χ2v) is 6.80. The van der Waals surface area contributed by atoms with E-state index in [9.17, 15) is 0 Å². The van der Waals surface area contributed by atoms with Gasteiger partial charge in [-0.25, -0.2) is 4.68 Å². The van der Waals surface area contributed by atoms with Crippen molar-refractivity contribution in [2.24, 2.45) is 0 Å². The molecule has 1 heterocycles. The minimum atomic E-state index is -0.0284. The number of hydrogen-bond acceptors (Lipinski definition) is 3. The van der Waals surface area contributed by atoms with Crippen LogP contribution < -0.4 is 5.32 Å². The molecule has 20 heavy (non-hydrogen) atoms. The van der Waals surface area contributed by atoms with Gasteiger partial charge in [0.2, 0.25) is 0 Å². The number of benzene rings is 1.